The summed E-state index contributed by atoms with van der Waals surface area (Å²) in [4.78, 5) is 13.3. The molecule has 43 heavy (non-hydrogen) atoms. The van der Waals surface area contributed by atoms with Crippen molar-refractivity contribution in [1.82, 2.24) is 14.9 Å². The zero-order valence-corrected chi connectivity index (χ0v) is 25.5. The summed E-state index contributed by atoms with van der Waals surface area (Å²) >= 11 is 0. The largest absolute Gasteiger partial charge is 0.390 e. The van der Waals surface area contributed by atoms with Crippen LogP contribution < -0.4 is 10.6 Å². The first-order valence-electron chi connectivity index (χ1n) is 14.9. The number of benzene rings is 3. The second-order valence-corrected chi connectivity index (χ2v) is 13.3. The van der Waals surface area contributed by atoms with Crippen LogP contribution in [0.1, 0.15) is 66.1 Å². The number of carbonyl (C=O) groups excluding carboxylic acids is 1. The van der Waals surface area contributed by atoms with Crippen LogP contribution in [0.2, 0.25) is 0 Å². The minimum absolute atomic E-state index is 0.0206. The number of halogens is 2. The number of aryl methyl sites for hydroxylation is 1. The number of rotatable bonds is 13. The molecule has 1 aliphatic carbocycles. The number of sulfonamides is 1. The number of aliphatic hydroxyl groups is 1. The summed E-state index contributed by atoms with van der Waals surface area (Å²) in [5.74, 6) is -2.04. The van der Waals surface area contributed by atoms with Gasteiger partial charge in [0.2, 0.25) is 10.0 Å². The van der Waals surface area contributed by atoms with Gasteiger partial charge in [-0.1, -0.05) is 50.5 Å². The molecule has 0 saturated heterocycles. The Morgan fingerprint density at radius 3 is 2.26 bits per heavy atom. The van der Waals surface area contributed by atoms with Crippen LogP contribution in [0.5, 0.6) is 0 Å². The highest BCUT2D eigenvalue weighted by Gasteiger charge is 2.29. The maximum absolute atomic E-state index is 13.9. The van der Waals surface area contributed by atoms with Crippen LogP contribution in [0, 0.1) is 11.6 Å². The van der Waals surface area contributed by atoms with Gasteiger partial charge >= 0.3 is 0 Å². The van der Waals surface area contributed by atoms with Crippen molar-refractivity contribution in [3.8, 4) is 0 Å². The summed E-state index contributed by atoms with van der Waals surface area (Å²) < 4.78 is 55.7. The Morgan fingerprint density at radius 1 is 0.953 bits per heavy atom. The minimum atomic E-state index is -3.72. The first kappa shape index (κ1) is 32.7. The SMILES string of the molecule is CCc1cccc(CNC[C@H](O)[C@H](Cc2cc(F)cc(F)c2)NC(=O)c2ccc(S(=O)(=O)N(C)C3CCCCC3)cc2)c1. The van der Waals surface area contributed by atoms with Crippen LogP contribution in [0.25, 0.3) is 0 Å². The van der Waals surface area contributed by atoms with Gasteiger partial charge in [-0.15, -0.1) is 0 Å². The lowest BCUT2D eigenvalue weighted by Gasteiger charge is -2.30. The molecule has 1 aliphatic rings. The molecule has 0 radical (unpaired) electrons. The fourth-order valence-electron chi connectivity index (χ4n) is 5.57. The minimum Gasteiger partial charge on any atom is -0.390 e. The molecule has 0 heterocycles. The van der Waals surface area contributed by atoms with Gasteiger partial charge in [0.05, 0.1) is 17.0 Å². The molecular formula is C33H41F2N3O4S. The third-order valence-electron chi connectivity index (χ3n) is 8.12. The molecule has 3 aromatic carbocycles. The van der Waals surface area contributed by atoms with Gasteiger partial charge in [-0.25, -0.2) is 17.2 Å². The number of carbonyl (C=O) groups is 1. The maximum atomic E-state index is 13.9. The number of hydrogen-bond acceptors (Lipinski definition) is 5. The molecule has 1 saturated carbocycles. The van der Waals surface area contributed by atoms with Crippen LogP contribution in [0.3, 0.4) is 0 Å². The molecule has 2 atom stereocenters. The van der Waals surface area contributed by atoms with Gasteiger partial charge < -0.3 is 15.7 Å². The Labute approximate surface area is 253 Å². The molecule has 0 aliphatic heterocycles. The summed E-state index contributed by atoms with van der Waals surface area (Å²) in [6.45, 7) is 2.68. The Balaban J connectivity index is 1.45. The van der Waals surface area contributed by atoms with E-state index in [9.17, 15) is 27.1 Å². The van der Waals surface area contributed by atoms with Crippen molar-refractivity contribution in [2.45, 2.75) is 81.5 Å². The predicted octanol–water partition coefficient (Wildman–Crippen LogP) is 4.97. The first-order valence-corrected chi connectivity index (χ1v) is 16.3. The Morgan fingerprint density at radius 2 is 1.60 bits per heavy atom. The van der Waals surface area contributed by atoms with Gasteiger partial charge in [0.15, 0.2) is 0 Å². The van der Waals surface area contributed by atoms with Gasteiger partial charge in [0.25, 0.3) is 5.91 Å². The van der Waals surface area contributed by atoms with E-state index in [4.69, 9.17) is 0 Å². The number of hydrogen-bond donors (Lipinski definition) is 3. The van der Waals surface area contributed by atoms with Crippen LogP contribution in [-0.4, -0.2) is 55.5 Å². The highest BCUT2D eigenvalue weighted by molar-refractivity contribution is 7.89. The second kappa shape index (κ2) is 15.0. The van der Waals surface area contributed by atoms with E-state index < -0.39 is 39.7 Å². The van der Waals surface area contributed by atoms with Crippen molar-refractivity contribution < 1.29 is 27.1 Å². The van der Waals surface area contributed by atoms with Crippen molar-refractivity contribution in [3.63, 3.8) is 0 Å². The monoisotopic (exact) mass is 613 g/mol. The molecule has 10 heteroatoms. The highest BCUT2D eigenvalue weighted by atomic mass is 32.2. The van der Waals surface area contributed by atoms with Gasteiger partial charge in [-0.2, -0.15) is 4.31 Å². The molecule has 0 bridgehead atoms. The van der Waals surface area contributed by atoms with E-state index in [2.05, 4.69) is 23.6 Å². The highest BCUT2D eigenvalue weighted by Crippen LogP contribution is 2.26. The number of nitrogens with one attached hydrogen (secondary N) is 2. The van der Waals surface area contributed by atoms with E-state index >= 15 is 0 Å². The maximum Gasteiger partial charge on any atom is 0.251 e. The fourth-order valence-corrected chi connectivity index (χ4v) is 6.99. The van der Waals surface area contributed by atoms with Gasteiger partial charge in [0, 0.05) is 37.8 Å². The third kappa shape index (κ3) is 8.92. The lowest BCUT2D eigenvalue weighted by molar-refractivity contribution is 0.0829. The van der Waals surface area contributed by atoms with E-state index in [-0.39, 0.29) is 35.0 Å². The molecule has 4 rings (SSSR count). The Kier molecular flexibility index (Phi) is 11.4. The Bertz CT molecular complexity index is 1460. The van der Waals surface area contributed by atoms with Crippen molar-refractivity contribution in [1.29, 1.82) is 0 Å². The normalized spacial score (nSPS) is 15.8. The lowest BCUT2D eigenvalue weighted by Crippen LogP contribution is -2.48. The van der Waals surface area contributed by atoms with Gasteiger partial charge in [-0.05, 0) is 78.8 Å². The zero-order chi connectivity index (χ0) is 31.0. The molecular weight excluding hydrogens is 572 g/mol. The summed E-state index contributed by atoms with van der Waals surface area (Å²) in [5.41, 5.74) is 2.72. The number of nitrogens with zero attached hydrogens (tertiary/aromatic N) is 1. The Hall–Kier alpha value is -3.18. The molecule has 0 unspecified atom stereocenters. The average Bonchev–Trinajstić information content (AvgIpc) is 3.00. The van der Waals surface area contributed by atoms with Crippen molar-refractivity contribution >= 4 is 15.9 Å². The summed E-state index contributed by atoms with van der Waals surface area (Å²) in [6, 6.07) is 15.9. The molecule has 3 N–H and O–H groups in total. The zero-order valence-electron chi connectivity index (χ0n) is 24.7. The van der Waals surface area contributed by atoms with Gasteiger partial charge in [0.1, 0.15) is 11.6 Å². The quantitative estimate of drug-likeness (QED) is 0.253. The molecule has 3 aromatic rings. The third-order valence-corrected chi connectivity index (χ3v) is 10.0. The van der Waals surface area contributed by atoms with E-state index in [0.717, 1.165) is 50.2 Å². The summed E-state index contributed by atoms with van der Waals surface area (Å²) in [7, 11) is -2.12. The lowest BCUT2D eigenvalue weighted by atomic mass is 9.96. The van der Waals surface area contributed by atoms with E-state index in [1.165, 1.54) is 46.3 Å². The number of aliphatic hydroxyl groups excluding tert-OH is 1. The van der Waals surface area contributed by atoms with Crippen LogP contribution >= 0.6 is 0 Å². The molecule has 1 fully saturated rings. The van der Waals surface area contributed by atoms with E-state index in [1.54, 1.807) is 7.05 Å². The fraction of sp³-hybridized carbons (Fsp3) is 0.424. The molecule has 232 valence electrons. The van der Waals surface area contributed by atoms with E-state index in [1.807, 2.05) is 18.2 Å². The molecule has 0 aromatic heterocycles. The smallest absolute Gasteiger partial charge is 0.251 e. The summed E-state index contributed by atoms with van der Waals surface area (Å²) in [5, 5.41) is 17.1. The summed E-state index contributed by atoms with van der Waals surface area (Å²) in [6.07, 6.45) is 4.56. The van der Waals surface area contributed by atoms with Crippen LogP contribution in [0.15, 0.2) is 71.6 Å². The molecule has 0 spiro atoms. The topological polar surface area (TPSA) is 98.7 Å². The number of amides is 1. The van der Waals surface area contributed by atoms with Crippen LogP contribution in [0.4, 0.5) is 8.78 Å². The average molecular weight is 614 g/mol. The standard InChI is InChI=1S/C33H41F2N3O4S/c1-3-23-8-7-9-24(16-23)21-36-22-32(39)31(19-25-17-27(34)20-28(35)18-25)37-33(40)26-12-14-30(15-13-26)43(41,42)38(2)29-10-5-4-6-11-29/h7-9,12-18,20,29,31-32,36,39H,3-6,10-11,19,21-22H2,1-2H3,(H,37,40)/t31-,32-/m0/s1. The first-order chi connectivity index (χ1) is 20.6. The second-order valence-electron chi connectivity index (χ2n) is 11.3. The van der Waals surface area contributed by atoms with Crippen molar-refractivity contribution in [3.05, 3.63) is 101 Å². The predicted molar refractivity (Wildman–Crippen MR) is 163 cm³/mol. The van der Waals surface area contributed by atoms with E-state index in [0.29, 0.717) is 6.54 Å². The van der Waals surface area contributed by atoms with Gasteiger partial charge in [-0.3, -0.25) is 4.79 Å². The van der Waals surface area contributed by atoms with Crippen molar-refractivity contribution in [2.75, 3.05) is 13.6 Å². The molecule has 7 nitrogen and oxygen atoms in total. The van der Waals surface area contributed by atoms with Crippen molar-refractivity contribution in [2.24, 2.45) is 0 Å². The van der Waals surface area contributed by atoms with Crippen LogP contribution in [-0.2, 0) is 29.4 Å². The molecule has 1 amide bonds.